The van der Waals surface area contributed by atoms with E-state index in [1.54, 1.807) is 23.7 Å². The Morgan fingerprint density at radius 1 is 1.20 bits per heavy atom. The lowest BCUT2D eigenvalue weighted by atomic mass is 9.61. The maximum absolute atomic E-state index is 14.0. The maximum atomic E-state index is 14.0. The molecule has 3 aliphatic rings. The van der Waals surface area contributed by atoms with Gasteiger partial charge in [-0.2, -0.15) is 5.26 Å². The van der Waals surface area contributed by atoms with Crippen LogP contribution in [0.5, 0.6) is 0 Å². The van der Waals surface area contributed by atoms with Crippen molar-refractivity contribution in [3.63, 3.8) is 0 Å². The predicted molar refractivity (Wildman–Crippen MR) is 137 cm³/mol. The number of benzene rings is 1. The Balaban J connectivity index is 1.84. The van der Waals surface area contributed by atoms with Crippen molar-refractivity contribution >= 4 is 45.6 Å². The number of ketones is 1. The molecule has 8 nitrogen and oxygen atoms in total. The summed E-state index contributed by atoms with van der Waals surface area (Å²) in [6.45, 7) is 8.19. The van der Waals surface area contributed by atoms with Gasteiger partial charge in [0.05, 0.1) is 5.57 Å². The SMILES string of the molecule is CC(C)Sc1nnc(N2C(N)=C(C#N)[C@]3(C(=O)N(C)c4ccccc43)C3=C2CC(C)(C)CC3=O)s1. The lowest BCUT2D eigenvalue weighted by Crippen LogP contribution is -2.53. The molecule has 180 valence electrons. The van der Waals surface area contributed by atoms with Crippen LogP contribution in [0.2, 0.25) is 0 Å². The van der Waals surface area contributed by atoms with Crippen LogP contribution in [0, 0.1) is 16.7 Å². The molecule has 1 atom stereocenters. The molecular weight excluding hydrogens is 480 g/mol. The summed E-state index contributed by atoms with van der Waals surface area (Å²) < 4.78 is 0.771. The molecule has 1 spiro atoms. The number of hydrogen-bond acceptors (Lipinski definition) is 9. The number of fused-ring (bicyclic) bond motifs is 3. The van der Waals surface area contributed by atoms with Gasteiger partial charge in [0.25, 0.3) is 0 Å². The summed E-state index contributed by atoms with van der Waals surface area (Å²) in [5.74, 6) is -0.375. The topological polar surface area (TPSA) is 116 Å². The minimum absolute atomic E-state index is 0.0550. The lowest BCUT2D eigenvalue weighted by molar-refractivity contribution is -0.124. The summed E-state index contributed by atoms with van der Waals surface area (Å²) in [4.78, 5) is 31.1. The first-order valence-corrected chi connectivity index (χ1v) is 13.1. The van der Waals surface area contributed by atoms with Crippen LogP contribution in [-0.2, 0) is 15.0 Å². The van der Waals surface area contributed by atoms with E-state index in [1.807, 2.05) is 38.1 Å². The number of Topliss-reactive ketones (excluding diaryl/α,β-unsaturated/α-hetero) is 1. The van der Waals surface area contributed by atoms with E-state index >= 15 is 0 Å². The van der Waals surface area contributed by atoms with E-state index in [4.69, 9.17) is 5.73 Å². The summed E-state index contributed by atoms with van der Waals surface area (Å²) in [5.41, 5.74) is 7.11. The number of amides is 1. The molecule has 2 aromatic rings. The van der Waals surface area contributed by atoms with Gasteiger partial charge in [0.15, 0.2) is 10.1 Å². The van der Waals surface area contributed by atoms with Crippen LogP contribution in [-0.4, -0.2) is 34.2 Å². The predicted octanol–water partition coefficient (Wildman–Crippen LogP) is 4.11. The van der Waals surface area contributed by atoms with Gasteiger partial charge in [-0.3, -0.25) is 14.5 Å². The molecule has 1 aromatic heterocycles. The molecule has 0 saturated heterocycles. The van der Waals surface area contributed by atoms with Gasteiger partial charge in [-0.25, -0.2) is 0 Å². The van der Waals surface area contributed by atoms with Gasteiger partial charge in [0.1, 0.15) is 17.3 Å². The summed E-state index contributed by atoms with van der Waals surface area (Å²) in [7, 11) is 1.67. The highest BCUT2D eigenvalue weighted by Crippen LogP contribution is 2.58. The monoisotopic (exact) mass is 506 g/mol. The molecule has 2 aliphatic heterocycles. The summed E-state index contributed by atoms with van der Waals surface area (Å²) >= 11 is 2.94. The third kappa shape index (κ3) is 3.25. The van der Waals surface area contributed by atoms with Crippen molar-refractivity contribution in [1.82, 2.24) is 10.2 Å². The smallest absolute Gasteiger partial charge is 0.247 e. The van der Waals surface area contributed by atoms with E-state index in [0.717, 1.165) is 4.34 Å². The Hall–Kier alpha value is -3.16. The molecule has 1 amide bonds. The molecular formula is C25H26N6O2S2. The molecule has 0 radical (unpaired) electrons. The zero-order valence-electron chi connectivity index (χ0n) is 20.2. The number of carbonyl (C=O) groups excluding carboxylic acids is 2. The minimum Gasteiger partial charge on any atom is -0.384 e. The molecule has 0 saturated carbocycles. The zero-order valence-corrected chi connectivity index (χ0v) is 21.9. The number of rotatable bonds is 3. The number of para-hydroxylation sites is 1. The molecule has 0 unspecified atom stereocenters. The summed E-state index contributed by atoms with van der Waals surface area (Å²) in [5, 5.41) is 19.9. The first-order valence-electron chi connectivity index (χ1n) is 11.4. The molecule has 2 N–H and O–H groups in total. The van der Waals surface area contributed by atoms with Crippen LogP contribution < -0.4 is 15.5 Å². The quantitative estimate of drug-likeness (QED) is 0.618. The van der Waals surface area contributed by atoms with E-state index < -0.39 is 5.41 Å². The van der Waals surface area contributed by atoms with Gasteiger partial charge < -0.3 is 10.6 Å². The molecule has 1 aliphatic carbocycles. The van der Waals surface area contributed by atoms with Gasteiger partial charge in [0, 0.05) is 41.2 Å². The second-order valence-corrected chi connectivity index (χ2v) is 12.9. The number of carbonyl (C=O) groups is 2. The molecule has 10 heteroatoms. The largest absolute Gasteiger partial charge is 0.384 e. The number of allylic oxidation sites excluding steroid dienone is 1. The fourth-order valence-electron chi connectivity index (χ4n) is 5.42. The Morgan fingerprint density at radius 3 is 2.60 bits per heavy atom. The number of aromatic nitrogens is 2. The average Bonchev–Trinajstić information content (AvgIpc) is 3.30. The second kappa shape index (κ2) is 7.93. The van der Waals surface area contributed by atoms with Crippen LogP contribution in [0.4, 0.5) is 10.8 Å². The number of nitrogens with two attached hydrogens (primary N) is 1. The molecule has 3 heterocycles. The highest BCUT2D eigenvalue weighted by Gasteiger charge is 2.62. The van der Waals surface area contributed by atoms with Crippen LogP contribution >= 0.6 is 23.1 Å². The van der Waals surface area contributed by atoms with Crippen molar-refractivity contribution in [2.45, 2.75) is 55.5 Å². The van der Waals surface area contributed by atoms with Crippen LogP contribution in [0.15, 0.2) is 51.3 Å². The maximum Gasteiger partial charge on any atom is 0.247 e. The zero-order chi connectivity index (χ0) is 25.3. The lowest BCUT2D eigenvalue weighted by Gasteiger charge is -2.45. The Kier molecular flexibility index (Phi) is 5.34. The van der Waals surface area contributed by atoms with Crippen molar-refractivity contribution in [3.05, 3.63) is 52.5 Å². The van der Waals surface area contributed by atoms with Crippen LogP contribution in [0.25, 0.3) is 0 Å². The minimum atomic E-state index is -1.57. The highest BCUT2D eigenvalue weighted by molar-refractivity contribution is 8.01. The van der Waals surface area contributed by atoms with E-state index in [1.165, 1.54) is 16.2 Å². The molecule has 35 heavy (non-hydrogen) atoms. The van der Waals surface area contributed by atoms with Crippen molar-refractivity contribution in [3.8, 4) is 6.07 Å². The van der Waals surface area contributed by atoms with Crippen LogP contribution in [0.3, 0.4) is 0 Å². The van der Waals surface area contributed by atoms with Gasteiger partial charge in [-0.1, -0.05) is 69.0 Å². The van der Waals surface area contributed by atoms with Crippen LogP contribution in [0.1, 0.15) is 46.1 Å². The van der Waals surface area contributed by atoms with Crippen molar-refractivity contribution in [2.24, 2.45) is 11.1 Å². The van der Waals surface area contributed by atoms with E-state index in [0.29, 0.717) is 39.3 Å². The second-order valence-electron chi connectivity index (χ2n) is 10.1. The highest BCUT2D eigenvalue weighted by atomic mass is 32.2. The summed E-state index contributed by atoms with van der Waals surface area (Å²) in [6.07, 6.45) is 0.768. The average molecular weight is 507 g/mol. The molecule has 0 fully saturated rings. The Bertz CT molecular complexity index is 1380. The first kappa shape index (κ1) is 23.6. The fourth-order valence-corrected chi connectivity index (χ4v) is 7.53. The number of hydrogen-bond donors (Lipinski definition) is 1. The third-order valence-corrected chi connectivity index (χ3v) is 8.70. The standard InChI is InChI=1S/C25H26N6O2S2/c1-13(2)34-23-29-28-22(35-23)31-17-10-24(3,4)11-18(32)19(17)25(15(12-26)20(31)27)14-8-6-7-9-16(14)30(5)21(25)33/h6-9,13H,10-11,27H2,1-5H3/t25-/m0/s1. The number of nitrogens with zero attached hydrogens (tertiary/aromatic N) is 5. The Morgan fingerprint density at radius 2 is 1.91 bits per heavy atom. The van der Waals surface area contributed by atoms with Crippen molar-refractivity contribution < 1.29 is 9.59 Å². The van der Waals surface area contributed by atoms with Crippen molar-refractivity contribution in [2.75, 3.05) is 16.8 Å². The molecule has 5 rings (SSSR count). The summed E-state index contributed by atoms with van der Waals surface area (Å²) in [6, 6.07) is 9.53. The van der Waals surface area contributed by atoms with Gasteiger partial charge in [-0.15, -0.1) is 10.2 Å². The number of nitriles is 1. The van der Waals surface area contributed by atoms with E-state index in [2.05, 4.69) is 30.1 Å². The van der Waals surface area contributed by atoms with Gasteiger partial charge in [0.2, 0.25) is 11.0 Å². The third-order valence-electron chi connectivity index (χ3n) is 6.70. The van der Waals surface area contributed by atoms with E-state index in [9.17, 15) is 14.9 Å². The number of likely N-dealkylation sites (N-methyl/N-ethyl adjacent to an activating group) is 1. The first-order chi connectivity index (χ1) is 16.5. The normalized spacial score (nSPS) is 23.3. The molecule has 0 bridgehead atoms. The molecule has 1 aromatic carbocycles. The van der Waals surface area contributed by atoms with Gasteiger partial charge in [-0.05, 0) is 17.9 Å². The fraction of sp³-hybridized carbons (Fsp3) is 0.400. The number of anilines is 2. The van der Waals surface area contributed by atoms with Gasteiger partial charge >= 0.3 is 0 Å². The van der Waals surface area contributed by atoms with Crippen molar-refractivity contribution in [1.29, 1.82) is 5.26 Å². The van der Waals surface area contributed by atoms with E-state index in [-0.39, 0.29) is 34.9 Å². The Labute approximate surface area is 212 Å². The number of thioether (sulfide) groups is 1.